The van der Waals surface area contributed by atoms with E-state index in [9.17, 15) is 52.7 Å². The predicted octanol–water partition coefficient (Wildman–Crippen LogP) is 11.1. The number of anilines is 4. The molecule has 58 heavy (non-hydrogen) atoms. The smallest absolute Gasteiger partial charge is 0.354 e. The van der Waals surface area contributed by atoms with Crippen LogP contribution in [0.3, 0.4) is 0 Å². The minimum absolute atomic E-state index is 0.00907. The van der Waals surface area contributed by atoms with Crippen molar-refractivity contribution in [3.05, 3.63) is 91.4 Å². The molecule has 0 saturated carbocycles. The van der Waals surface area contributed by atoms with Crippen molar-refractivity contribution in [3.63, 3.8) is 0 Å². The fourth-order valence-electron chi connectivity index (χ4n) is 5.96. The lowest BCUT2D eigenvalue weighted by Crippen LogP contribution is -2.42. The number of nitrogens with zero attached hydrogens (tertiary/aromatic N) is 8. The molecule has 0 amide bonds. The molecule has 0 aromatic carbocycles. The minimum atomic E-state index is -4.78. The van der Waals surface area contributed by atoms with Crippen LogP contribution in [0, 0.1) is 0 Å². The third-order valence-electron chi connectivity index (χ3n) is 8.79. The molecule has 1 aliphatic heterocycles. The average molecular weight is 918 g/mol. The standard InChI is InChI=1S/C34H28Cl4F12N8/c35-23-11-19(31(39,40)41)15-51-27(23)55-3-1-4-56(28-24(36)12-20(16-52-28)32(42,43)44)8-10-58(30-26(38)14-22(18-54-30)34(48,49)50)6-2-5-57(9-7-55)29-25(37)13-21(17-53-29)33(45,46)47/h11-18H,1-10H2. The molecule has 4 aromatic rings. The Morgan fingerprint density at radius 3 is 0.690 bits per heavy atom. The van der Waals surface area contributed by atoms with E-state index in [1.165, 1.54) is 19.6 Å². The third-order valence-corrected chi connectivity index (χ3v) is 9.90. The molecule has 8 nitrogen and oxygen atoms in total. The fraction of sp³-hybridized carbons (Fsp3) is 0.412. The zero-order valence-corrected chi connectivity index (χ0v) is 32.3. The highest BCUT2D eigenvalue weighted by Crippen LogP contribution is 2.38. The highest BCUT2D eigenvalue weighted by molar-refractivity contribution is 6.34. The molecule has 4 aromatic heterocycles. The first kappa shape index (κ1) is 45.2. The maximum atomic E-state index is 13.5. The number of hydrogen-bond donors (Lipinski definition) is 0. The van der Waals surface area contributed by atoms with Crippen LogP contribution in [0.5, 0.6) is 0 Å². The summed E-state index contributed by atoms with van der Waals surface area (Å²) in [5, 5.41) is -1.52. The van der Waals surface area contributed by atoms with E-state index in [2.05, 4.69) is 19.9 Å². The maximum Gasteiger partial charge on any atom is 0.417 e. The van der Waals surface area contributed by atoms with Gasteiger partial charge in [-0.1, -0.05) is 46.4 Å². The second-order valence-electron chi connectivity index (χ2n) is 12.8. The van der Waals surface area contributed by atoms with Crippen LogP contribution in [0.25, 0.3) is 0 Å². The maximum absolute atomic E-state index is 13.5. The van der Waals surface area contributed by atoms with Crippen LogP contribution in [0.4, 0.5) is 76.0 Å². The van der Waals surface area contributed by atoms with E-state index in [1.807, 2.05) is 0 Å². The third kappa shape index (κ3) is 11.2. The highest BCUT2D eigenvalue weighted by Gasteiger charge is 2.35. The molecule has 0 spiro atoms. The van der Waals surface area contributed by atoms with E-state index in [0.717, 1.165) is 0 Å². The van der Waals surface area contributed by atoms with E-state index in [1.54, 1.807) is 0 Å². The molecule has 1 aliphatic rings. The molecule has 0 unspecified atom stereocenters. The van der Waals surface area contributed by atoms with Crippen molar-refractivity contribution >= 4 is 69.7 Å². The largest absolute Gasteiger partial charge is 0.417 e. The molecule has 0 bridgehead atoms. The van der Waals surface area contributed by atoms with Gasteiger partial charge in [0.1, 0.15) is 23.3 Å². The zero-order chi connectivity index (χ0) is 42.8. The first-order valence-corrected chi connectivity index (χ1v) is 18.4. The Bertz CT molecular complexity index is 1780. The summed E-state index contributed by atoms with van der Waals surface area (Å²) in [5.41, 5.74) is -4.53. The van der Waals surface area contributed by atoms with Crippen LogP contribution in [0.1, 0.15) is 35.1 Å². The van der Waals surface area contributed by atoms with Crippen molar-refractivity contribution in [3.8, 4) is 0 Å². The molecular formula is C34H28Cl4F12N8. The lowest BCUT2D eigenvalue weighted by Gasteiger charge is -2.34. The molecule has 5 rings (SSSR count). The molecule has 5 heterocycles. The lowest BCUT2D eigenvalue weighted by atomic mass is 10.2. The summed E-state index contributed by atoms with van der Waals surface area (Å²) in [7, 11) is 0. The number of rotatable bonds is 4. The molecule has 0 N–H and O–H groups in total. The van der Waals surface area contributed by atoms with E-state index in [4.69, 9.17) is 46.4 Å². The average Bonchev–Trinajstić information content (AvgIpc) is 3.11. The monoisotopic (exact) mass is 916 g/mol. The Balaban J connectivity index is 1.55. The van der Waals surface area contributed by atoms with Crippen LogP contribution < -0.4 is 19.6 Å². The summed E-state index contributed by atoms with van der Waals surface area (Å²) in [4.78, 5) is 21.9. The Kier molecular flexibility index (Phi) is 13.8. The molecule has 0 radical (unpaired) electrons. The first-order valence-electron chi connectivity index (χ1n) is 16.8. The van der Waals surface area contributed by atoms with E-state index in [0.29, 0.717) is 49.1 Å². The van der Waals surface area contributed by atoms with Gasteiger partial charge in [0, 0.05) is 77.1 Å². The van der Waals surface area contributed by atoms with Gasteiger partial charge in [-0.15, -0.1) is 0 Å². The normalized spacial score (nSPS) is 16.1. The van der Waals surface area contributed by atoms with Crippen LogP contribution >= 0.6 is 46.4 Å². The SMILES string of the molecule is FC(F)(F)c1cnc(N2CCCN(c3ncc(C(F)(F)F)cc3Cl)CCN(c3ncc(C(F)(F)F)cc3Cl)CCCN(c3ncc(C(F)(F)F)cc3Cl)CC2)c(Cl)c1. The van der Waals surface area contributed by atoms with Crippen molar-refractivity contribution in [1.29, 1.82) is 0 Å². The van der Waals surface area contributed by atoms with Gasteiger partial charge in [-0.2, -0.15) is 52.7 Å². The van der Waals surface area contributed by atoms with Crippen molar-refractivity contribution in [2.75, 3.05) is 72.0 Å². The van der Waals surface area contributed by atoms with Crippen LogP contribution in [0.15, 0.2) is 49.1 Å². The Morgan fingerprint density at radius 1 is 0.345 bits per heavy atom. The molecule has 1 fully saturated rings. The molecule has 24 heteroatoms. The molecular weight excluding hydrogens is 890 g/mol. The van der Waals surface area contributed by atoms with Gasteiger partial charge in [0.2, 0.25) is 0 Å². The lowest BCUT2D eigenvalue weighted by molar-refractivity contribution is -0.138. The van der Waals surface area contributed by atoms with Gasteiger partial charge >= 0.3 is 24.7 Å². The summed E-state index contributed by atoms with van der Waals surface area (Å²) in [6.45, 7) is -0.344. The predicted molar refractivity (Wildman–Crippen MR) is 195 cm³/mol. The van der Waals surface area contributed by atoms with Gasteiger partial charge in [-0.3, -0.25) is 0 Å². The number of alkyl halides is 12. The second-order valence-corrected chi connectivity index (χ2v) is 14.4. The van der Waals surface area contributed by atoms with Gasteiger partial charge < -0.3 is 19.6 Å². The number of pyridine rings is 4. The first-order chi connectivity index (χ1) is 26.9. The van der Waals surface area contributed by atoms with Crippen LogP contribution in [0.2, 0.25) is 20.1 Å². The van der Waals surface area contributed by atoms with Gasteiger partial charge in [0.25, 0.3) is 0 Å². The van der Waals surface area contributed by atoms with Crippen molar-refractivity contribution in [2.45, 2.75) is 37.5 Å². The Hall–Kier alpha value is -3.88. The molecule has 0 atom stereocenters. The van der Waals surface area contributed by atoms with Crippen LogP contribution in [-0.4, -0.2) is 72.3 Å². The number of hydrogen-bond acceptors (Lipinski definition) is 8. The highest BCUT2D eigenvalue weighted by atomic mass is 35.5. The quantitative estimate of drug-likeness (QED) is 0.188. The second kappa shape index (κ2) is 17.8. The van der Waals surface area contributed by atoms with E-state index >= 15 is 0 Å². The number of halogens is 16. The van der Waals surface area contributed by atoms with Crippen molar-refractivity contribution in [1.82, 2.24) is 19.9 Å². The van der Waals surface area contributed by atoms with Crippen molar-refractivity contribution < 1.29 is 52.7 Å². The summed E-state index contributed by atoms with van der Waals surface area (Å²) in [6, 6.07) is 2.70. The van der Waals surface area contributed by atoms with Crippen LogP contribution in [-0.2, 0) is 24.7 Å². The van der Waals surface area contributed by atoms with Crippen molar-refractivity contribution in [2.24, 2.45) is 0 Å². The summed E-state index contributed by atoms with van der Waals surface area (Å²) in [6.07, 6.45) is -16.6. The molecule has 0 aliphatic carbocycles. The Labute approximate surface area is 342 Å². The van der Waals surface area contributed by atoms with Gasteiger partial charge in [-0.25, -0.2) is 19.9 Å². The van der Waals surface area contributed by atoms with Gasteiger partial charge in [-0.05, 0) is 37.1 Å². The number of aromatic nitrogens is 4. The summed E-state index contributed by atoms with van der Waals surface area (Å²) in [5.74, 6) is -0.335. The zero-order valence-electron chi connectivity index (χ0n) is 29.3. The molecule has 1 saturated heterocycles. The van der Waals surface area contributed by atoms with E-state index < -0.39 is 47.0 Å². The fourth-order valence-corrected chi connectivity index (χ4v) is 7.10. The molecule has 316 valence electrons. The van der Waals surface area contributed by atoms with Gasteiger partial charge in [0.15, 0.2) is 0 Å². The Morgan fingerprint density at radius 2 is 0.534 bits per heavy atom. The van der Waals surface area contributed by atoms with E-state index in [-0.39, 0.29) is 109 Å². The minimum Gasteiger partial charge on any atom is -0.354 e. The summed E-state index contributed by atoms with van der Waals surface area (Å²) >= 11 is 25.3. The van der Waals surface area contributed by atoms with Gasteiger partial charge in [0.05, 0.1) is 42.3 Å². The topological polar surface area (TPSA) is 64.5 Å². The summed E-state index contributed by atoms with van der Waals surface area (Å²) < 4.78 is 162.